The normalized spacial score (nSPS) is 22.3. The van der Waals surface area contributed by atoms with E-state index in [0.29, 0.717) is 22.0 Å². The average Bonchev–Trinajstić information content (AvgIpc) is 2.77. The second-order valence-corrected chi connectivity index (χ2v) is 7.95. The van der Waals surface area contributed by atoms with Gasteiger partial charge in [-0.25, -0.2) is 4.98 Å². The first-order valence-electron chi connectivity index (χ1n) is 10.7. The molecule has 0 N–H and O–H groups in total. The summed E-state index contributed by atoms with van der Waals surface area (Å²) in [7, 11) is 0. The Kier molecular flexibility index (Phi) is 6.60. The van der Waals surface area contributed by atoms with Crippen LogP contribution in [0.4, 0.5) is 0 Å². The molecule has 10 heteroatoms. The van der Waals surface area contributed by atoms with Gasteiger partial charge in [-0.1, -0.05) is 12.1 Å². The Morgan fingerprint density at radius 2 is 1.59 bits per heavy atom. The van der Waals surface area contributed by atoms with Crippen molar-refractivity contribution in [3.8, 4) is 0 Å². The molecular formula is C24H23NO9. The minimum Gasteiger partial charge on any atom is -0.456 e. The molecule has 3 heterocycles. The van der Waals surface area contributed by atoms with Gasteiger partial charge in [-0.2, -0.15) is 0 Å². The molecule has 4 atom stereocenters. The number of para-hydroxylation sites is 1. The summed E-state index contributed by atoms with van der Waals surface area (Å²) in [5.74, 6) is -1.84. The van der Waals surface area contributed by atoms with Crippen molar-refractivity contribution in [1.82, 2.24) is 4.98 Å². The van der Waals surface area contributed by atoms with Crippen molar-refractivity contribution < 1.29 is 37.7 Å². The van der Waals surface area contributed by atoms with E-state index in [0.717, 1.165) is 0 Å². The van der Waals surface area contributed by atoms with E-state index in [1.165, 1.54) is 20.8 Å². The maximum atomic E-state index is 12.8. The van der Waals surface area contributed by atoms with Crippen LogP contribution in [0.1, 0.15) is 26.5 Å². The Morgan fingerprint density at radius 3 is 2.29 bits per heavy atom. The van der Waals surface area contributed by atoms with Crippen LogP contribution in [-0.2, 0) is 39.8 Å². The van der Waals surface area contributed by atoms with Crippen LogP contribution in [0.15, 0.2) is 45.6 Å². The number of hydrogen-bond donors (Lipinski definition) is 0. The number of rotatable bonds is 5. The molecule has 1 fully saturated rings. The van der Waals surface area contributed by atoms with E-state index < -0.39 is 42.3 Å². The summed E-state index contributed by atoms with van der Waals surface area (Å²) < 4.78 is 27.7. The monoisotopic (exact) mass is 469 g/mol. The Hall–Kier alpha value is -3.79. The third kappa shape index (κ3) is 4.91. The number of carbonyl (C=O) groups is 3. The Labute approximate surface area is 193 Å². The van der Waals surface area contributed by atoms with Gasteiger partial charge in [-0.15, -0.1) is 0 Å². The zero-order valence-electron chi connectivity index (χ0n) is 18.8. The largest absolute Gasteiger partial charge is 0.456 e. The van der Waals surface area contributed by atoms with Gasteiger partial charge in [0.05, 0.1) is 17.4 Å². The summed E-state index contributed by atoms with van der Waals surface area (Å²) in [4.78, 5) is 52.3. The van der Waals surface area contributed by atoms with E-state index >= 15 is 0 Å². The second-order valence-electron chi connectivity index (χ2n) is 7.95. The van der Waals surface area contributed by atoms with Crippen molar-refractivity contribution in [2.75, 3.05) is 6.61 Å². The lowest BCUT2D eigenvalue weighted by Gasteiger charge is -2.40. The first-order valence-corrected chi connectivity index (χ1v) is 10.7. The molecule has 0 spiro atoms. The molecule has 0 saturated carbocycles. The molecule has 4 rings (SSSR count). The molecule has 0 amide bonds. The molecule has 3 aromatic rings. The fraction of sp³-hybridized carbons (Fsp3) is 0.375. The first kappa shape index (κ1) is 23.4. The van der Waals surface area contributed by atoms with Crippen LogP contribution in [0.25, 0.3) is 22.1 Å². The van der Waals surface area contributed by atoms with Gasteiger partial charge in [0.2, 0.25) is 11.1 Å². The van der Waals surface area contributed by atoms with Crippen LogP contribution >= 0.6 is 0 Å². The highest BCUT2D eigenvalue weighted by molar-refractivity contribution is 5.87. The lowest BCUT2D eigenvalue weighted by molar-refractivity contribution is -0.225. The van der Waals surface area contributed by atoms with Crippen molar-refractivity contribution in [3.63, 3.8) is 0 Å². The number of esters is 3. The minimum atomic E-state index is -1.06. The summed E-state index contributed by atoms with van der Waals surface area (Å²) >= 11 is 0. The highest BCUT2D eigenvalue weighted by atomic mass is 16.6. The summed E-state index contributed by atoms with van der Waals surface area (Å²) in [6, 6.07) is 10.2. The Balaban J connectivity index is 1.67. The van der Waals surface area contributed by atoms with Gasteiger partial charge in [0.25, 0.3) is 0 Å². The third-order valence-electron chi connectivity index (χ3n) is 5.36. The number of aromatic nitrogens is 1. The molecule has 0 radical (unpaired) electrons. The highest BCUT2D eigenvalue weighted by Gasteiger charge is 2.46. The maximum absolute atomic E-state index is 12.8. The molecule has 0 aliphatic carbocycles. The average molecular weight is 469 g/mol. The molecule has 10 nitrogen and oxygen atoms in total. The Bertz CT molecular complexity index is 1310. The quantitative estimate of drug-likeness (QED) is 0.311. The number of nitrogens with zero attached hydrogens (tertiary/aromatic N) is 1. The molecule has 1 aromatic carbocycles. The second kappa shape index (κ2) is 9.60. The summed E-state index contributed by atoms with van der Waals surface area (Å²) in [6.07, 6.45) is -3.69. The van der Waals surface area contributed by atoms with Crippen molar-refractivity contribution in [3.05, 3.63) is 52.3 Å². The van der Waals surface area contributed by atoms with Gasteiger partial charge in [0, 0.05) is 32.9 Å². The van der Waals surface area contributed by atoms with Crippen LogP contribution in [0, 0.1) is 0 Å². The predicted molar refractivity (Wildman–Crippen MR) is 118 cm³/mol. The number of benzene rings is 1. The number of ether oxygens (including phenoxy) is 4. The lowest BCUT2D eigenvalue weighted by Crippen LogP contribution is -2.58. The zero-order valence-corrected chi connectivity index (χ0v) is 18.8. The van der Waals surface area contributed by atoms with Gasteiger partial charge in [-0.05, 0) is 24.3 Å². The zero-order chi connectivity index (χ0) is 24.4. The van der Waals surface area contributed by atoms with Crippen LogP contribution in [0.3, 0.4) is 0 Å². The van der Waals surface area contributed by atoms with E-state index in [4.69, 9.17) is 23.4 Å². The smallest absolute Gasteiger partial charge is 0.303 e. The van der Waals surface area contributed by atoms with Gasteiger partial charge in [-0.3, -0.25) is 19.2 Å². The molecule has 2 aromatic heterocycles. The third-order valence-corrected chi connectivity index (χ3v) is 5.36. The van der Waals surface area contributed by atoms with E-state index in [1.807, 2.05) is 0 Å². The van der Waals surface area contributed by atoms with Gasteiger partial charge >= 0.3 is 17.9 Å². The van der Waals surface area contributed by atoms with E-state index in [2.05, 4.69) is 4.98 Å². The molecule has 0 unspecified atom stereocenters. The first-order chi connectivity index (χ1) is 16.2. The van der Waals surface area contributed by atoms with Gasteiger partial charge < -0.3 is 23.4 Å². The topological polar surface area (TPSA) is 131 Å². The van der Waals surface area contributed by atoms with Crippen LogP contribution in [0.2, 0.25) is 0 Å². The van der Waals surface area contributed by atoms with Crippen molar-refractivity contribution >= 4 is 40.0 Å². The minimum absolute atomic E-state index is 0.0761. The van der Waals surface area contributed by atoms with Crippen LogP contribution in [-0.4, -0.2) is 53.9 Å². The lowest BCUT2D eigenvalue weighted by atomic mass is 9.95. The molecule has 0 bridgehead atoms. The predicted octanol–water partition coefficient (Wildman–Crippen LogP) is 2.08. The van der Waals surface area contributed by atoms with Crippen molar-refractivity contribution in [1.29, 1.82) is 0 Å². The molecule has 1 saturated heterocycles. The summed E-state index contributed by atoms with van der Waals surface area (Å²) in [6.45, 7) is 3.56. The fourth-order valence-electron chi connectivity index (χ4n) is 4.03. The van der Waals surface area contributed by atoms with Crippen molar-refractivity contribution in [2.24, 2.45) is 0 Å². The number of pyridine rings is 1. The Morgan fingerprint density at radius 1 is 0.912 bits per heavy atom. The molecule has 1 aliphatic heterocycles. The van der Waals surface area contributed by atoms with Crippen molar-refractivity contribution in [2.45, 2.75) is 51.6 Å². The highest BCUT2D eigenvalue weighted by Crippen LogP contribution is 2.27. The summed E-state index contributed by atoms with van der Waals surface area (Å²) in [5, 5.41) is 0.784. The molecular weight excluding hydrogens is 446 g/mol. The van der Waals surface area contributed by atoms with E-state index in [-0.39, 0.29) is 24.2 Å². The standard InChI is InChI=1S/C24H23NO9/c1-12(26)31-20-11-30-19(22(32-13(2)27)23(20)33-14(3)28)10-15-8-9-17-21(29)16-6-4-5-7-18(16)34-24(17)25-15/h4-9,19-20,22-23H,10-11H2,1-3H3/t19-,20-,22-,23-/m0/s1. The van der Waals surface area contributed by atoms with Crippen LogP contribution in [0.5, 0.6) is 0 Å². The SMILES string of the molecule is CC(=O)O[C@@H]1[C@@H](OC(C)=O)[C@@H](OC(C)=O)CO[C@H]1Cc1ccc2c(=O)c3ccccc3oc2n1. The number of fused-ring (bicyclic) bond motifs is 2. The number of carbonyl (C=O) groups excluding carboxylic acids is 3. The van der Waals surface area contributed by atoms with E-state index in [9.17, 15) is 19.2 Å². The van der Waals surface area contributed by atoms with Gasteiger partial charge in [0.15, 0.2) is 18.3 Å². The van der Waals surface area contributed by atoms with E-state index in [1.54, 1.807) is 36.4 Å². The fourth-order valence-corrected chi connectivity index (χ4v) is 4.03. The summed E-state index contributed by atoms with van der Waals surface area (Å²) in [5.41, 5.74) is 0.883. The molecule has 1 aliphatic rings. The van der Waals surface area contributed by atoms with Crippen LogP contribution < -0.4 is 5.43 Å². The molecule has 178 valence electrons. The molecule has 34 heavy (non-hydrogen) atoms. The van der Waals surface area contributed by atoms with Gasteiger partial charge in [0.1, 0.15) is 11.7 Å². The maximum Gasteiger partial charge on any atom is 0.303 e. The number of hydrogen-bond acceptors (Lipinski definition) is 10.